The number of nitrogens with zero attached hydrogens (tertiary/aromatic N) is 2. The van der Waals surface area contributed by atoms with Gasteiger partial charge in [0.1, 0.15) is 13.7 Å². The van der Waals surface area contributed by atoms with Crippen molar-refractivity contribution < 1.29 is 21.6 Å². The summed E-state index contributed by atoms with van der Waals surface area (Å²) >= 11 is 0. The van der Waals surface area contributed by atoms with Crippen molar-refractivity contribution in [3.8, 4) is 11.4 Å². The fraction of sp³-hybridized carbons (Fsp3) is 0.235. The number of halogens is 3. The number of imidazole rings is 1. The zero-order valence-electron chi connectivity index (χ0n) is 14.0. The normalized spacial score (nSPS) is 12.7. The molecule has 2 aromatic carbocycles. The lowest BCUT2D eigenvalue weighted by atomic mass is 9.92. The molecule has 2 radical (unpaired) electrons. The molecule has 0 aliphatic rings. The second-order valence-electron chi connectivity index (χ2n) is 5.82. The van der Waals surface area contributed by atoms with Gasteiger partial charge >= 0.3 is 6.18 Å². The lowest BCUT2D eigenvalue weighted by Crippen LogP contribution is -2.14. The minimum Gasteiger partial charge on any atom is -0.328 e. The highest BCUT2D eigenvalue weighted by Crippen LogP contribution is 2.33. The Balaban J connectivity index is 2.33. The Morgan fingerprint density at radius 1 is 1.19 bits per heavy atom. The van der Waals surface area contributed by atoms with E-state index in [0.29, 0.717) is 11.1 Å². The van der Waals surface area contributed by atoms with Gasteiger partial charge in [-0.3, -0.25) is 0 Å². The number of hydrogen-bond donors (Lipinski definition) is 0. The molecule has 0 fully saturated rings. The molecule has 0 aliphatic heterocycles. The third-order valence-corrected chi connectivity index (χ3v) is 5.96. The average molecular weight is 378 g/mol. The van der Waals surface area contributed by atoms with Crippen LogP contribution in [0.1, 0.15) is 12.5 Å². The van der Waals surface area contributed by atoms with Crippen LogP contribution in [0.2, 0.25) is 0 Å². The maximum atomic E-state index is 13.0. The second kappa shape index (κ2) is 6.16. The SMILES string of the molecule is [B]c1cc(C(F)(F)F)cc2nc(-c3ccccc3S(=O)(=O)CC)n(C)c12. The van der Waals surface area contributed by atoms with Crippen LogP contribution in [-0.2, 0) is 23.1 Å². The van der Waals surface area contributed by atoms with E-state index in [4.69, 9.17) is 7.85 Å². The van der Waals surface area contributed by atoms with Crippen molar-refractivity contribution in [1.29, 1.82) is 0 Å². The first kappa shape index (κ1) is 18.5. The van der Waals surface area contributed by atoms with Crippen LogP contribution in [0, 0.1) is 0 Å². The van der Waals surface area contributed by atoms with E-state index in [9.17, 15) is 21.6 Å². The Bertz CT molecular complexity index is 1110. The summed E-state index contributed by atoms with van der Waals surface area (Å²) < 4.78 is 65.3. The standard InChI is InChI=1S/C17H14BF3N2O2S/c1-3-26(24,25)14-7-5-4-6-11(14)16-22-13-9-10(17(19,20)21)8-12(18)15(13)23(16)2/h4-9H,3H2,1-2H3. The monoisotopic (exact) mass is 378 g/mol. The average Bonchev–Trinajstić information content (AvgIpc) is 2.91. The van der Waals surface area contributed by atoms with Gasteiger partial charge in [-0.25, -0.2) is 13.4 Å². The molecule has 0 saturated heterocycles. The van der Waals surface area contributed by atoms with Gasteiger partial charge in [-0.15, -0.1) is 0 Å². The van der Waals surface area contributed by atoms with Crippen molar-refractivity contribution >= 4 is 34.2 Å². The maximum Gasteiger partial charge on any atom is 0.416 e. The summed E-state index contributed by atoms with van der Waals surface area (Å²) in [6, 6.07) is 8.02. The van der Waals surface area contributed by atoms with Crippen molar-refractivity contribution in [2.75, 3.05) is 5.75 Å². The first-order valence-electron chi connectivity index (χ1n) is 7.71. The molecule has 0 amide bonds. The summed E-state index contributed by atoms with van der Waals surface area (Å²) in [5.41, 5.74) is -0.287. The molecular weight excluding hydrogens is 364 g/mol. The molecule has 3 rings (SSSR count). The number of hydrogen-bond acceptors (Lipinski definition) is 3. The van der Waals surface area contributed by atoms with E-state index in [1.807, 2.05) is 0 Å². The van der Waals surface area contributed by atoms with Gasteiger partial charge in [0.15, 0.2) is 9.84 Å². The summed E-state index contributed by atoms with van der Waals surface area (Å²) in [4.78, 5) is 4.32. The zero-order chi connectivity index (χ0) is 19.3. The van der Waals surface area contributed by atoms with Gasteiger partial charge in [-0.1, -0.05) is 30.6 Å². The molecule has 0 atom stereocenters. The van der Waals surface area contributed by atoms with Crippen molar-refractivity contribution in [3.63, 3.8) is 0 Å². The molecule has 9 heteroatoms. The lowest BCUT2D eigenvalue weighted by molar-refractivity contribution is -0.137. The summed E-state index contributed by atoms with van der Waals surface area (Å²) in [7, 11) is 3.87. The van der Waals surface area contributed by atoms with Crippen LogP contribution < -0.4 is 5.46 Å². The predicted molar refractivity (Wildman–Crippen MR) is 94.3 cm³/mol. The number of alkyl halides is 3. The van der Waals surface area contributed by atoms with E-state index in [1.165, 1.54) is 17.6 Å². The molecule has 0 N–H and O–H groups in total. The zero-order valence-corrected chi connectivity index (χ0v) is 14.8. The Morgan fingerprint density at radius 3 is 2.46 bits per heavy atom. The van der Waals surface area contributed by atoms with Crippen LogP contribution >= 0.6 is 0 Å². The van der Waals surface area contributed by atoms with Gasteiger partial charge in [0, 0.05) is 12.6 Å². The smallest absolute Gasteiger partial charge is 0.328 e. The van der Waals surface area contributed by atoms with Gasteiger partial charge in [-0.2, -0.15) is 13.2 Å². The number of aryl methyl sites for hydroxylation is 1. The van der Waals surface area contributed by atoms with Crippen LogP contribution in [0.3, 0.4) is 0 Å². The largest absolute Gasteiger partial charge is 0.416 e. The third kappa shape index (κ3) is 3.00. The Labute approximate surface area is 150 Å². The molecule has 0 saturated carbocycles. The van der Waals surface area contributed by atoms with Crippen molar-refractivity contribution in [2.24, 2.45) is 7.05 Å². The quantitative estimate of drug-likeness (QED) is 0.659. The van der Waals surface area contributed by atoms with E-state index in [0.717, 1.165) is 12.1 Å². The molecule has 0 spiro atoms. The highest BCUT2D eigenvalue weighted by atomic mass is 32.2. The van der Waals surface area contributed by atoms with E-state index in [2.05, 4.69) is 4.98 Å². The van der Waals surface area contributed by atoms with E-state index < -0.39 is 21.6 Å². The minimum atomic E-state index is -4.55. The van der Waals surface area contributed by atoms with Gasteiger partial charge in [0.05, 0.1) is 27.2 Å². The van der Waals surface area contributed by atoms with E-state index in [1.54, 1.807) is 25.2 Å². The molecule has 4 nitrogen and oxygen atoms in total. The summed E-state index contributed by atoms with van der Waals surface area (Å²) in [6.07, 6.45) is -4.55. The van der Waals surface area contributed by atoms with Gasteiger partial charge in [0.25, 0.3) is 0 Å². The molecule has 0 bridgehead atoms. The highest BCUT2D eigenvalue weighted by Gasteiger charge is 2.32. The van der Waals surface area contributed by atoms with Crippen molar-refractivity contribution in [3.05, 3.63) is 42.0 Å². The number of fused-ring (bicyclic) bond motifs is 1. The molecular formula is C17H14BF3N2O2S. The second-order valence-corrected chi connectivity index (χ2v) is 8.07. The lowest BCUT2D eigenvalue weighted by Gasteiger charge is -2.10. The molecule has 0 unspecified atom stereocenters. The Hall–Kier alpha value is -2.29. The summed E-state index contributed by atoms with van der Waals surface area (Å²) in [5.74, 6) is 0.132. The maximum absolute atomic E-state index is 13.0. The molecule has 26 heavy (non-hydrogen) atoms. The molecule has 3 aromatic rings. The minimum absolute atomic E-state index is 0.0542. The topological polar surface area (TPSA) is 52.0 Å². The van der Waals surface area contributed by atoms with Crippen molar-refractivity contribution in [2.45, 2.75) is 18.0 Å². The van der Waals surface area contributed by atoms with Crippen LogP contribution in [0.4, 0.5) is 13.2 Å². The van der Waals surface area contributed by atoms with Crippen LogP contribution in [0.25, 0.3) is 22.4 Å². The highest BCUT2D eigenvalue weighted by molar-refractivity contribution is 7.91. The first-order chi connectivity index (χ1) is 12.1. The third-order valence-electron chi connectivity index (χ3n) is 4.17. The van der Waals surface area contributed by atoms with E-state index in [-0.39, 0.29) is 27.5 Å². The van der Waals surface area contributed by atoms with Crippen LogP contribution in [0.5, 0.6) is 0 Å². The number of sulfone groups is 1. The molecule has 134 valence electrons. The first-order valence-corrected chi connectivity index (χ1v) is 9.36. The van der Waals surface area contributed by atoms with E-state index >= 15 is 0 Å². The van der Waals surface area contributed by atoms with Crippen LogP contribution in [0.15, 0.2) is 41.3 Å². The number of aromatic nitrogens is 2. The predicted octanol–water partition coefficient (Wildman–Crippen LogP) is 2.85. The Morgan fingerprint density at radius 2 is 1.85 bits per heavy atom. The van der Waals surface area contributed by atoms with Crippen LogP contribution in [-0.4, -0.2) is 31.6 Å². The van der Waals surface area contributed by atoms with Gasteiger partial charge in [0.2, 0.25) is 0 Å². The fourth-order valence-corrected chi connectivity index (χ4v) is 3.96. The Kier molecular flexibility index (Phi) is 4.38. The number of rotatable bonds is 3. The summed E-state index contributed by atoms with van der Waals surface area (Å²) in [6.45, 7) is 1.52. The van der Waals surface area contributed by atoms with Gasteiger partial charge < -0.3 is 4.57 Å². The number of benzene rings is 2. The van der Waals surface area contributed by atoms with Crippen molar-refractivity contribution in [1.82, 2.24) is 9.55 Å². The molecule has 1 aromatic heterocycles. The fourth-order valence-electron chi connectivity index (χ4n) is 2.87. The summed E-state index contributed by atoms with van der Waals surface area (Å²) in [5, 5.41) is 0. The van der Waals surface area contributed by atoms with Gasteiger partial charge in [-0.05, 0) is 18.2 Å². The molecule has 0 aliphatic carbocycles. The molecule has 1 heterocycles.